The molecular weight excluding hydrogens is 403 g/mol. The molecule has 0 aliphatic carbocycles. The lowest BCUT2D eigenvalue weighted by Gasteiger charge is -2.36. The van der Waals surface area contributed by atoms with E-state index >= 15 is 0 Å². The SMILES string of the molecule is OC[C@@H]1[C@@H](O)[C@H](O)C[S+]1C[C@@H](O)[C@H]1OC(c2ccc(F)cc2)OC[C@H]1O.[Cl-]. The predicted molar refractivity (Wildman–Crippen MR) is 92.0 cm³/mol. The van der Waals surface area contributed by atoms with Crippen LogP contribution in [0.25, 0.3) is 0 Å². The highest BCUT2D eigenvalue weighted by atomic mass is 35.5. The fourth-order valence-electron chi connectivity index (χ4n) is 3.30. The van der Waals surface area contributed by atoms with Crippen LogP contribution in [0.5, 0.6) is 0 Å². The molecule has 0 radical (unpaired) electrons. The average molecular weight is 427 g/mol. The zero-order valence-corrected chi connectivity index (χ0v) is 16.0. The van der Waals surface area contributed by atoms with Gasteiger partial charge in [0.1, 0.15) is 47.8 Å². The molecule has 0 aromatic heterocycles. The van der Waals surface area contributed by atoms with Crippen molar-refractivity contribution in [3.8, 4) is 0 Å². The third kappa shape index (κ3) is 5.11. The average Bonchev–Trinajstić information content (AvgIpc) is 2.89. The molecule has 10 heteroatoms. The van der Waals surface area contributed by atoms with Crippen LogP contribution in [0.4, 0.5) is 4.39 Å². The smallest absolute Gasteiger partial charge is 0.184 e. The van der Waals surface area contributed by atoms with Crippen molar-refractivity contribution in [1.82, 2.24) is 0 Å². The Bertz CT molecular complexity index is 595. The van der Waals surface area contributed by atoms with Crippen molar-refractivity contribution in [2.45, 2.75) is 42.1 Å². The molecule has 2 saturated heterocycles. The Labute approximate surface area is 165 Å². The summed E-state index contributed by atoms with van der Waals surface area (Å²) in [6, 6.07) is 5.56. The number of hydrogen-bond donors (Lipinski definition) is 5. The molecule has 5 N–H and O–H groups in total. The molecule has 3 rings (SSSR count). The van der Waals surface area contributed by atoms with E-state index in [4.69, 9.17) is 9.47 Å². The molecule has 0 spiro atoms. The zero-order valence-electron chi connectivity index (χ0n) is 14.4. The van der Waals surface area contributed by atoms with Gasteiger partial charge in [0.25, 0.3) is 0 Å². The van der Waals surface area contributed by atoms with Crippen LogP contribution in [-0.4, -0.2) is 86.0 Å². The van der Waals surface area contributed by atoms with Crippen LogP contribution in [0.3, 0.4) is 0 Å². The van der Waals surface area contributed by atoms with Crippen LogP contribution >= 0.6 is 0 Å². The van der Waals surface area contributed by atoms with E-state index in [0.717, 1.165) is 0 Å². The van der Waals surface area contributed by atoms with E-state index in [9.17, 15) is 29.9 Å². The summed E-state index contributed by atoms with van der Waals surface area (Å²) in [5.41, 5.74) is 0.567. The highest BCUT2D eigenvalue weighted by molar-refractivity contribution is 7.97. The van der Waals surface area contributed by atoms with E-state index < -0.39 is 58.8 Å². The van der Waals surface area contributed by atoms with E-state index in [-0.39, 0.29) is 37.1 Å². The van der Waals surface area contributed by atoms with Gasteiger partial charge in [-0.3, -0.25) is 0 Å². The maximum absolute atomic E-state index is 13.1. The number of benzene rings is 1. The van der Waals surface area contributed by atoms with Gasteiger partial charge in [-0.2, -0.15) is 0 Å². The van der Waals surface area contributed by atoms with Gasteiger partial charge in [-0.25, -0.2) is 4.39 Å². The lowest BCUT2D eigenvalue weighted by atomic mass is 10.1. The Hall–Kier alpha value is -0.490. The summed E-state index contributed by atoms with van der Waals surface area (Å²) in [5, 5.41) is 49.3. The molecule has 27 heavy (non-hydrogen) atoms. The summed E-state index contributed by atoms with van der Waals surface area (Å²) >= 11 is 0. The second-order valence-electron chi connectivity index (χ2n) is 6.60. The van der Waals surface area contributed by atoms with Gasteiger partial charge in [0.05, 0.1) is 13.2 Å². The Morgan fingerprint density at radius 2 is 1.81 bits per heavy atom. The molecule has 0 amide bonds. The highest BCUT2D eigenvalue weighted by Crippen LogP contribution is 2.30. The molecule has 2 unspecified atom stereocenters. The second-order valence-corrected chi connectivity index (χ2v) is 8.95. The van der Waals surface area contributed by atoms with Crippen molar-refractivity contribution in [3.05, 3.63) is 35.6 Å². The van der Waals surface area contributed by atoms with E-state index in [1.54, 1.807) is 0 Å². The first-order chi connectivity index (χ1) is 12.4. The minimum Gasteiger partial charge on any atom is -1.00 e. The molecule has 0 saturated carbocycles. The lowest BCUT2D eigenvalue weighted by molar-refractivity contribution is -0.273. The Morgan fingerprint density at radius 1 is 1.15 bits per heavy atom. The standard InChI is InChI=1S/C17H24FO7S.ClH/c18-10-3-1-9(2-4-10)17-24-6-11(20)16(25-17)13(22)8-26-7-12(21)15(23)14(26)5-19;/h1-4,11-17,19-23H,5-8H2;1H/q+1;/p-1/t11-,12-,13-,14-,15+,16+,17?,26?;/m1./s1. The fraction of sp³-hybridized carbons (Fsp3) is 0.647. The van der Waals surface area contributed by atoms with Crippen LogP contribution in [0, 0.1) is 5.82 Å². The molecule has 0 bridgehead atoms. The van der Waals surface area contributed by atoms with Gasteiger partial charge in [-0.15, -0.1) is 0 Å². The predicted octanol–water partition coefficient (Wildman–Crippen LogP) is -4.32. The Balaban J connectivity index is 0.00000261. The summed E-state index contributed by atoms with van der Waals surface area (Å²) in [5.74, 6) is 0.0669. The molecule has 2 fully saturated rings. The van der Waals surface area contributed by atoms with Crippen LogP contribution in [0.15, 0.2) is 24.3 Å². The molecule has 154 valence electrons. The largest absolute Gasteiger partial charge is 1.00 e. The number of aliphatic hydroxyl groups is 5. The summed E-state index contributed by atoms with van der Waals surface area (Å²) < 4.78 is 24.2. The van der Waals surface area contributed by atoms with E-state index in [1.807, 2.05) is 0 Å². The van der Waals surface area contributed by atoms with E-state index in [1.165, 1.54) is 24.3 Å². The molecule has 2 aliphatic rings. The summed E-state index contributed by atoms with van der Waals surface area (Å²) in [6.07, 6.45) is -5.84. The number of halogens is 2. The maximum Gasteiger partial charge on any atom is 0.184 e. The van der Waals surface area contributed by atoms with Gasteiger partial charge in [-0.1, -0.05) is 12.1 Å². The summed E-state index contributed by atoms with van der Waals surface area (Å²) in [4.78, 5) is 0. The molecule has 1 aromatic carbocycles. The second kappa shape index (κ2) is 9.82. The first-order valence-corrected chi connectivity index (χ1v) is 10.0. The van der Waals surface area contributed by atoms with Crippen molar-refractivity contribution >= 4 is 10.9 Å². The van der Waals surface area contributed by atoms with Crippen LogP contribution in [0.2, 0.25) is 0 Å². The first-order valence-electron chi connectivity index (χ1n) is 8.42. The molecular formula is C17H24ClFO7S. The van der Waals surface area contributed by atoms with Crippen LogP contribution in [-0.2, 0) is 20.4 Å². The lowest BCUT2D eigenvalue weighted by Crippen LogP contribution is -3.00. The zero-order chi connectivity index (χ0) is 18.8. The number of ether oxygens (including phenoxy) is 2. The van der Waals surface area contributed by atoms with Gasteiger partial charge in [0.2, 0.25) is 0 Å². The monoisotopic (exact) mass is 426 g/mol. The van der Waals surface area contributed by atoms with Crippen molar-refractivity contribution in [2.75, 3.05) is 24.7 Å². The maximum atomic E-state index is 13.1. The Kier molecular flexibility index (Phi) is 8.29. The number of aliphatic hydroxyl groups excluding tert-OH is 5. The van der Waals surface area contributed by atoms with Gasteiger partial charge in [0, 0.05) is 16.5 Å². The Morgan fingerprint density at radius 3 is 2.44 bits per heavy atom. The molecule has 1 aromatic rings. The minimum atomic E-state index is -1.06. The van der Waals surface area contributed by atoms with Crippen LogP contribution < -0.4 is 12.4 Å². The molecule has 8 atom stereocenters. The van der Waals surface area contributed by atoms with E-state index in [2.05, 4.69) is 0 Å². The van der Waals surface area contributed by atoms with Crippen molar-refractivity contribution in [2.24, 2.45) is 0 Å². The normalized spacial score (nSPS) is 37.6. The summed E-state index contributed by atoms with van der Waals surface area (Å²) in [7, 11) is -0.612. The van der Waals surface area contributed by atoms with Gasteiger partial charge in [-0.05, 0) is 12.1 Å². The topological polar surface area (TPSA) is 120 Å². The third-order valence-electron chi connectivity index (χ3n) is 4.75. The van der Waals surface area contributed by atoms with E-state index in [0.29, 0.717) is 5.56 Å². The van der Waals surface area contributed by atoms with Crippen molar-refractivity contribution < 1.29 is 51.8 Å². The quantitative estimate of drug-likeness (QED) is 0.302. The van der Waals surface area contributed by atoms with Gasteiger partial charge < -0.3 is 47.4 Å². The third-order valence-corrected chi connectivity index (χ3v) is 7.58. The molecule has 7 nitrogen and oxygen atoms in total. The number of rotatable bonds is 5. The van der Waals surface area contributed by atoms with Gasteiger partial charge in [0.15, 0.2) is 11.5 Å². The van der Waals surface area contributed by atoms with Crippen molar-refractivity contribution in [1.29, 1.82) is 0 Å². The van der Waals surface area contributed by atoms with Gasteiger partial charge >= 0.3 is 0 Å². The number of hydrogen-bond acceptors (Lipinski definition) is 7. The van der Waals surface area contributed by atoms with Crippen LogP contribution in [0.1, 0.15) is 11.9 Å². The minimum absolute atomic E-state index is 0. The molecule has 2 aliphatic heterocycles. The first kappa shape index (κ1) is 22.8. The highest BCUT2D eigenvalue weighted by Gasteiger charge is 2.51. The van der Waals surface area contributed by atoms with Crippen molar-refractivity contribution in [3.63, 3.8) is 0 Å². The summed E-state index contributed by atoms with van der Waals surface area (Å²) in [6.45, 7) is -0.338. The molecule has 2 heterocycles. The fourth-order valence-corrected chi connectivity index (χ4v) is 5.98.